The lowest BCUT2D eigenvalue weighted by molar-refractivity contribution is -0.121. The Morgan fingerprint density at radius 3 is 2.95 bits per heavy atom. The molecule has 0 atom stereocenters. The molecule has 0 saturated heterocycles. The predicted molar refractivity (Wildman–Crippen MR) is 84.1 cm³/mol. The normalized spacial score (nSPS) is 17.3. The van der Waals surface area contributed by atoms with E-state index in [0.717, 1.165) is 47.9 Å². The monoisotopic (exact) mass is 314 g/mol. The summed E-state index contributed by atoms with van der Waals surface area (Å²) in [6.07, 6.45) is 4.25. The Hall–Kier alpha value is -0.590. The Morgan fingerprint density at radius 2 is 2.30 bits per heavy atom. The molecule has 1 aliphatic carbocycles. The number of aryl methyl sites for hydroxylation is 1. The molecule has 2 N–H and O–H groups in total. The summed E-state index contributed by atoms with van der Waals surface area (Å²) < 4.78 is 0. The van der Waals surface area contributed by atoms with E-state index < -0.39 is 5.60 Å². The highest BCUT2D eigenvalue weighted by atomic mass is 32.2. The third-order valence-corrected chi connectivity index (χ3v) is 5.35. The average molecular weight is 314 g/mol. The molecule has 0 bridgehead atoms. The third kappa shape index (κ3) is 5.07. The molecule has 1 heterocycles. The van der Waals surface area contributed by atoms with Crippen LogP contribution in [-0.4, -0.2) is 33.9 Å². The molecule has 1 saturated carbocycles. The van der Waals surface area contributed by atoms with Gasteiger partial charge >= 0.3 is 0 Å². The number of thiazole rings is 1. The molecule has 0 aliphatic heterocycles. The fourth-order valence-corrected chi connectivity index (χ4v) is 3.93. The summed E-state index contributed by atoms with van der Waals surface area (Å²) in [4.78, 5) is 16.1. The fraction of sp³-hybridized carbons (Fsp3) is 0.714. The molecule has 1 aliphatic rings. The van der Waals surface area contributed by atoms with Gasteiger partial charge in [0.15, 0.2) is 0 Å². The standard InChI is InChI=1S/C14H22N2O2S2/c1-11-16-12(9-20-11)8-19-7-4-13(17)15-10-14(18)5-2-3-6-14/h9,18H,2-8,10H2,1H3,(H,15,17). The minimum absolute atomic E-state index is 0.0345. The van der Waals surface area contributed by atoms with E-state index in [-0.39, 0.29) is 5.91 Å². The number of carbonyl (C=O) groups is 1. The molecule has 0 spiro atoms. The Bertz CT molecular complexity index is 442. The molecule has 6 heteroatoms. The van der Waals surface area contributed by atoms with E-state index >= 15 is 0 Å². The predicted octanol–water partition coefficient (Wildman–Crippen LogP) is 2.50. The van der Waals surface area contributed by atoms with Gasteiger partial charge in [0.05, 0.1) is 16.3 Å². The summed E-state index contributed by atoms with van der Waals surface area (Å²) in [6, 6.07) is 0. The number of aromatic nitrogens is 1. The molecule has 1 aromatic rings. The fourth-order valence-electron chi connectivity index (χ4n) is 2.38. The Morgan fingerprint density at radius 1 is 1.55 bits per heavy atom. The van der Waals surface area contributed by atoms with Gasteiger partial charge in [0, 0.05) is 29.9 Å². The van der Waals surface area contributed by atoms with Gasteiger partial charge in [-0.1, -0.05) is 12.8 Å². The lowest BCUT2D eigenvalue weighted by Crippen LogP contribution is -2.40. The largest absolute Gasteiger partial charge is 0.388 e. The third-order valence-electron chi connectivity index (χ3n) is 3.54. The van der Waals surface area contributed by atoms with Crippen LogP contribution in [0.25, 0.3) is 0 Å². The molecule has 0 aromatic carbocycles. The van der Waals surface area contributed by atoms with Gasteiger partial charge in [-0.05, 0) is 19.8 Å². The molecule has 4 nitrogen and oxygen atoms in total. The molecular weight excluding hydrogens is 292 g/mol. The van der Waals surface area contributed by atoms with Crippen molar-refractivity contribution < 1.29 is 9.90 Å². The van der Waals surface area contributed by atoms with Crippen molar-refractivity contribution in [2.75, 3.05) is 12.3 Å². The lowest BCUT2D eigenvalue weighted by Gasteiger charge is -2.22. The molecule has 1 fully saturated rings. The summed E-state index contributed by atoms with van der Waals surface area (Å²) in [5, 5.41) is 16.1. The zero-order valence-corrected chi connectivity index (χ0v) is 13.5. The van der Waals surface area contributed by atoms with E-state index in [1.165, 1.54) is 0 Å². The van der Waals surface area contributed by atoms with Gasteiger partial charge in [-0.3, -0.25) is 4.79 Å². The summed E-state index contributed by atoms with van der Waals surface area (Å²) in [5.41, 5.74) is 0.444. The van der Waals surface area contributed by atoms with Crippen LogP contribution in [0.3, 0.4) is 0 Å². The van der Waals surface area contributed by atoms with Crippen LogP contribution in [-0.2, 0) is 10.5 Å². The van der Waals surface area contributed by atoms with Crippen LogP contribution in [0, 0.1) is 6.92 Å². The summed E-state index contributed by atoms with van der Waals surface area (Å²) >= 11 is 3.39. The van der Waals surface area contributed by atoms with Crippen molar-refractivity contribution >= 4 is 29.0 Å². The van der Waals surface area contributed by atoms with Crippen molar-refractivity contribution in [3.05, 3.63) is 16.1 Å². The molecule has 20 heavy (non-hydrogen) atoms. The maximum Gasteiger partial charge on any atom is 0.220 e. The second-order valence-corrected chi connectivity index (χ2v) is 7.54. The molecule has 1 aromatic heterocycles. The number of hydrogen-bond donors (Lipinski definition) is 2. The van der Waals surface area contributed by atoms with Gasteiger partial charge in [-0.25, -0.2) is 4.98 Å². The number of thioether (sulfide) groups is 1. The van der Waals surface area contributed by atoms with E-state index in [4.69, 9.17) is 0 Å². The van der Waals surface area contributed by atoms with Crippen molar-refractivity contribution in [1.82, 2.24) is 10.3 Å². The van der Waals surface area contributed by atoms with Crippen LogP contribution in [0.5, 0.6) is 0 Å². The summed E-state index contributed by atoms with van der Waals surface area (Å²) in [6.45, 7) is 2.40. The van der Waals surface area contributed by atoms with Gasteiger partial charge < -0.3 is 10.4 Å². The van der Waals surface area contributed by atoms with Crippen molar-refractivity contribution in [1.29, 1.82) is 0 Å². The summed E-state index contributed by atoms with van der Waals surface area (Å²) in [7, 11) is 0. The highest BCUT2D eigenvalue weighted by Crippen LogP contribution is 2.28. The lowest BCUT2D eigenvalue weighted by atomic mass is 10.0. The Balaban J connectivity index is 1.56. The van der Waals surface area contributed by atoms with Gasteiger partial charge in [-0.2, -0.15) is 11.8 Å². The quantitative estimate of drug-likeness (QED) is 0.759. The molecule has 1 amide bonds. The molecule has 2 rings (SSSR count). The second kappa shape index (κ2) is 7.43. The number of amides is 1. The first-order chi connectivity index (χ1) is 9.57. The zero-order chi connectivity index (χ0) is 14.4. The minimum atomic E-state index is -0.652. The highest BCUT2D eigenvalue weighted by molar-refractivity contribution is 7.98. The Kier molecular flexibility index (Phi) is 5.86. The summed E-state index contributed by atoms with van der Waals surface area (Å²) in [5.74, 6) is 1.69. The first-order valence-electron chi connectivity index (χ1n) is 7.05. The Labute approximate surface area is 128 Å². The smallest absolute Gasteiger partial charge is 0.220 e. The number of hydrogen-bond acceptors (Lipinski definition) is 5. The zero-order valence-electron chi connectivity index (χ0n) is 11.9. The van der Waals surface area contributed by atoms with E-state index in [1.54, 1.807) is 23.1 Å². The molecule has 0 unspecified atom stereocenters. The van der Waals surface area contributed by atoms with Crippen LogP contribution in [0.15, 0.2) is 5.38 Å². The molecule has 0 radical (unpaired) electrons. The van der Waals surface area contributed by atoms with Crippen molar-refractivity contribution in [3.8, 4) is 0 Å². The van der Waals surface area contributed by atoms with E-state index in [9.17, 15) is 9.90 Å². The number of aliphatic hydroxyl groups is 1. The van der Waals surface area contributed by atoms with Crippen LogP contribution in [0.1, 0.15) is 42.8 Å². The van der Waals surface area contributed by atoms with Crippen molar-refractivity contribution in [3.63, 3.8) is 0 Å². The topological polar surface area (TPSA) is 62.2 Å². The first kappa shape index (κ1) is 15.8. The van der Waals surface area contributed by atoms with E-state index in [1.807, 2.05) is 6.92 Å². The number of carbonyl (C=O) groups excluding carboxylic acids is 1. The minimum Gasteiger partial charge on any atom is -0.388 e. The van der Waals surface area contributed by atoms with Crippen molar-refractivity contribution in [2.45, 2.75) is 50.4 Å². The van der Waals surface area contributed by atoms with Gasteiger partial charge in [0.1, 0.15) is 0 Å². The van der Waals surface area contributed by atoms with Crippen LogP contribution >= 0.6 is 23.1 Å². The number of rotatable bonds is 7. The van der Waals surface area contributed by atoms with Crippen LogP contribution in [0.2, 0.25) is 0 Å². The maximum absolute atomic E-state index is 11.7. The van der Waals surface area contributed by atoms with E-state index in [2.05, 4.69) is 15.7 Å². The van der Waals surface area contributed by atoms with Gasteiger partial charge in [0.25, 0.3) is 0 Å². The van der Waals surface area contributed by atoms with Gasteiger partial charge in [-0.15, -0.1) is 11.3 Å². The van der Waals surface area contributed by atoms with E-state index in [0.29, 0.717) is 13.0 Å². The average Bonchev–Trinajstić information content (AvgIpc) is 3.02. The number of nitrogens with one attached hydrogen (secondary N) is 1. The highest BCUT2D eigenvalue weighted by Gasteiger charge is 2.31. The SMILES string of the molecule is Cc1nc(CSCCC(=O)NCC2(O)CCCC2)cs1. The van der Waals surface area contributed by atoms with Crippen LogP contribution in [0.4, 0.5) is 0 Å². The maximum atomic E-state index is 11.7. The second-order valence-electron chi connectivity index (χ2n) is 5.37. The molecular formula is C14H22N2O2S2. The first-order valence-corrected chi connectivity index (χ1v) is 9.09. The van der Waals surface area contributed by atoms with Crippen molar-refractivity contribution in [2.24, 2.45) is 0 Å². The van der Waals surface area contributed by atoms with Crippen LogP contribution < -0.4 is 5.32 Å². The number of nitrogens with zero attached hydrogens (tertiary/aromatic N) is 1. The molecule has 112 valence electrons. The van der Waals surface area contributed by atoms with Gasteiger partial charge in [0.2, 0.25) is 5.91 Å².